The number of aromatic nitrogens is 1. The van der Waals surface area contributed by atoms with Crippen molar-refractivity contribution in [2.24, 2.45) is 0 Å². The van der Waals surface area contributed by atoms with Crippen molar-refractivity contribution in [3.63, 3.8) is 0 Å². The van der Waals surface area contributed by atoms with Gasteiger partial charge >= 0.3 is 5.97 Å². The summed E-state index contributed by atoms with van der Waals surface area (Å²) in [5.41, 5.74) is 0.117. The molecule has 0 radical (unpaired) electrons. The molecule has 8 heteroatoms. The van der Waals surface area contributed by atoms with Crippen LogP contribution in [-0.4, -0.2) is 41.7 Å². The van der Waals surface area contributed by atoms with Crippen LogP contribution >= 0.6 is 23.2 Å². The number of pyridine rings is 1. The number of carbonyl (C=O) groups is 2. The number of esters is 1. The van der Waals surface area contributed by atoms with Gasteiger partial charge in [0.05, 0.1) is 24.3 Å². The van der Waals surface area contributed by atoms with Gasteiger partial charge in [0.2, 0.25) is 0 Å². The number of hydrogen-bond donors (Lipinski definition) is 2. The van der Waals surface area contributed by atoms with E-state index < -0.39 is 24.5 Å². The lowest BCUT2D eigenvalue weighted by Crippen LogP contribution is -2.44. The summed E-state index contributed by atoms with van der Waals surface area (Å²) in [6.45, 7) is -0.576. The van der Waals surface area contributed by atoms with Crippen LogP contribution in [0, 0.1) is 0 Å². The van der Waals surface area contributed by atoms with Crippen LogP contribution in [0.25, 0.3) is 0 Å². The van der Waals surface area contributed by atoms with Gasteiger partial charge in [-0.25, -0.2) is 9.78 Å². The molecule has 0 aliphatic heterocycles. The van der Waals surface area contributed by atoms with Gasteiger partial charge in [0.1, 0.15) is 5.15 Å². The minimum Gasteiger partial charge on any atom is -0.467 e. The molecular weight excluding hydrogens is 283 g/mol. The van der Waals surface area contributed by atoms with E-state index in [0.29, 0.717) is 0 Å². The van der Waals surface area contributed by atoms with Crippen LogP contribution in [0.3, 0.4) is 0 Å². The highest BCUT2D eigenvalue weighted by molar-refractivity contribution is 6.41. The topological polar surface area (TPSA) is 88.5 Å². The molecule has 1 atom stereocenters. The summed E-state index contributed by atoms with van der Waals surface area (Å²) in [5, 5.41) is 11.4. The third-order valence-electron chi connectivity index (χ3n) is 2.03. The summed E-state index contributed by atoms with van der Waals surface area (Å²) >= 11 is 11.3. The van der Waals surface area contributed by atoms with Crippen LogP contribution in [0.1, 0.15) is 10.4 Å². The Morgan fingerprint density at radius 3 is 2.72 bits per heavy atom. The van der Waals surface area contributed by atoms with E-state index in [1.807, 2.05) is 0 Å². The van der Waals surface area contributed by atoms with Crippen molar-refractivity contribution in [2.75, 3.05) is 13.7 Å². The van der Waals surface area contributed by atoms with Crippen molar-refractivity contribution in [3.05, 3.63) is 28.0 Å². The molecule has 1 amide bonds. The second-order valence-electron chi connectivity index (χ2n) is 3.23. The summed E-state index contributed by atoms with van der Waals surface area (Å²) < 4.78 is 4.41. The van der Waals surface area contributed by atoms with Crippen molar-refractivity contribution in [2.45, 2.75) is 6.04 Å². The number of halogens is 2. The Bertz CT molecular complexity index is 467. The van der Waals surface area contributed by atoms with Gasteiger partial charge in [-0.15, -0.1) is 0 Å². The zero-order valence-corrected chi connectivity index (χ0v) is 10.8. The quantitative estimate of drug-likeness (QED) is 0.628. The smallest absolute Gasteiger partial charge is 0.330 e. The maximum Gasteiger partial charge on any atom is 0.330 e. The maximum absolute atomic E-state index is 11.7. The van der Waals surface area contributed by atoms with E-state index in [4.69, 9.17) is 28.3 Å². The molecular formula is C10H10Cl2N2O4. The first kappa shape index (κ1) is 14.7. The fraction of sp³-hybridized carbons (Fsp3) is 0.300. The van der Waals surface area contributed by atoms with Crippen molar-refractivity contribution in [1.29, 1.82) is 0 Å². The van der Waals surface area contributed by atoms with Crippen molar-refractivity contribution < 1.29 is 19.4 Å². The standard InChI is InChI=1S/C10H10Cl2N2O4/c1-18-10(17)7(4-15)14-9(16)5-2-6(11)8(12)13-3-5/h2-3,7,15H,4H2,1H3,(H,14,16). The number of nitrogens with one attached hydrogen (secondary N) is 1. The molecule has 0 spiro atoms. The monoisotopic (exact) mass is 292 g/mol. The molecule has 1 rings (SSSR count). The first-order chi connectivity index (χ1) is 8.49. The Labute approximate surface area is 113 Å². The number of carbonyl (C=O) groups excluding carboxylic acids is 2. The molecule has 6 nitrogen and oxygen atoms in total. The number of ether oxygens (including phenoxy) is 1. The van der Waals surface area contributed by atoms with E-state index in [-0.39, 0.29) is 15.7 Å². The predicted octanol–water partition coefficient (Wildman–Crippen LogP) is 0.652. The van der Waals surface area contributed by atoms with Gasteiger partial charge in [-0.3, -0.25) is 4.79 Å². The lowest BCUT2D eigenvalue weighted by Gasteiger charge is -2.13. The minimum atomic E-state index is -1.14. The molecule has 0 saturated heterocycles. The Hall–Kier alpha value is -1.37. The van der Waals surface area contributed by atoms with Crippen LogP contribution < -0.4 is 5.32 Å². The van der Waals surface area contributed by atoms with Crippen molar-refractivity contribution in [1.82, 2.24) is 10.3 Å². The molecule has 0 aliphatic carbocycles. The third-order valence-corrected chi connectivity index (χ3v) is 2.72. The molecule has 1 aromatic rings. The normalized spacial score (nSPS) is 11.8. The fourth-order valence-corrected chi connectivity index (χ4v) is 1.38. The lowest BCUT2D eigenvalue weighted by atomic mass is 10.2. The average molecular weight is 293 g/mol. The maximum atomic E-state index is 11.7. The largest absolute Gasteiger partial charge is 0.467 e. The van der Waals surface area contributed by atoms with Crippen molar-refractivity contribution in [3.8, 4) is 0 Å². The Morgan fingerprint density at radius 1 is 1.56 bits per heavy atom. The first-order valence-corrected chi connectivity index (χ1v) is 5.55. The number of hydrogen-bond acceptors (Lipinski definition) is 5. The SMILES string of the molecule is COC(=O)C(CO)NC(=O)c1cnc(Cl)c(Cl)c1. The molecule has 98 valence electrons. The highest BCUT2D eigenvalue weighted by Crippen LogP contribution is 2.19. The number of methoxy groups -OCH3 is 1. The number of nitrogens with zero attached hydrogens (tertiary/aromatic N) is 1. The number of aliphatic hydroxyl groups excluding tert-OH is 1. The zero-order chi connectivity index (χ0) is 13.7. The van der Waals surface area contributed by atoms with Gasteiger partial charge in [-0.2, -0.15) is 0 Å². The first-order valence-electron chi connectivity index (χ1n) is 4.80. The van der Waals surface area contributed by atoms with E-state index in [2.05, 4.69) is 15.0 Å². The summed E-state index contributed by atoms with van der Waals surface area (Å²) in [4.78, 5) is 26.6. The highest BCUT2D eigenvalue weighted by atomic mass is 35.5. The minimum absolute atomic E-state index is 0.0693. The van der Waals surface area contributed by atoms with Gasteiger partial charge in [0.15, 0.2) is 6.04 Å². The fourth-order valence-electron chi connectivity index (χ4n) is 1.11. The Balaban J connectivity index is 2.81. The molecule has 0 aromatic carbocycles. The van der Waals surface area contributed by atoms with Gasteiger partial charge in [0.25, 0.3) is 5.91 Å². The van der Waals surface area contributed by atoms with Crippen LogP contribution in [0.2, 0.25) is 10.2 Å². The van der Waals surface area contributed by atoms with Crippen LogP contribution in [-0.2, 0) is 9.53 Å². The van der Waals surface area contributed by atoms with Crippen LogP contribution in [0.5, 0.6) is 0 Å². The highest BCUT2D eigenvalue weighted by Gasteiger charge is 2.21. The van der Waals surface area contributed by atoms with E-state index in [1.54, 1.807) is 0 Å². The number of aliphatic hydroxyl groups is 1. The molecule has 1 heterocycles. The summed E-state index contributed by atoms with van der Waals surface area (Å²) in [5.74, 6) is -1.37. The summed E-state index contributed by atoms with van der Waals surface area (Å²) in [7, 11) is 1.15. The molecule has 0 fully saturated rings. The summed E-state index contributed by atoms with van der Waals surface area (Å²) in [6, 6.07) is 0.162. The van der Waals surface area contributed by atoms with Crippen molar-refractivity contribution >= 4 is 35.1 Å². The molecule has 18 heavy (non-hydrogen) atoms. The molecule has 0 bridgehead atoms. The molecule has 2 N–H and O–H groups in total. The predicted molar refractivity (Wildman–Crippen MR) is 64.6 cm³/mol. The van der Waals surface area contributed by atoms with Gasteiger partial charge in [-0.1, -0.05) is 23.2 Å². The number of amides is 1. The lowest BCUT2D eigenvalue weighted by molar-refractivity contribution is -0.143. The molecule has 1 unspecified atom stereocenters. The van der Waals surface area contributed by atoms with E-state index >= 15 is 0 Å². The Kier molecular flexibility index (Phi) is 5.33. The van der Waals surface area contributed by atoms with Crippen LogP contribution in [0.15, 0.2) is 12.3 Å². The van der Waals surface area contributed by atoms with E-state index in [0.717, 1.165) is 7.11 Å². The number of rotatable bonds is 4. The zero-order valence-electron chi connectivity index (χ0n) is 9.31. The van der Waals surface area contributed by atoms with Gasteiger partial charge in [-0.05, 0) is 6.07 Å². The molecule has 0 aliphatic rings. The van der Waals surface area contributed by atoms with Crippen LogP contribution in [0.4, 0.5) is 0 Å². The second-order valence-corrected chi connectivity index (χ2v) is 3.99. The Morgan fingerprint density at radius 2 is 2.22 bits per heavy atom. The molecule has 1 aromatic heterocycles. The second kappa shape index (κ2) is 6.53. The average Bonchev–Trinajstić information content (AvgIpc) is 2.37. The molecule has 0 saturated carbocycles. The van der Waals surface area contributed by atoms with E-state index in [1.165, 1.54) is 12.3 Å². The summed E-state index contributed by atoms with van der Waals surface area (Å²) in [6.07, 6.45) is 1.20. The van der Waals surface area contributed by atoms with Gasteiger partial charge in [0, 0.05) is 6.20 Å². The van der Waals surface area contributed by atoms with Gasteiger partial charge < -0.3 is 15.2 Å². The van der Waals surface area contributed by atoms with E-state index in [9.17, 15) is 9.59 Å². The third kappa shape index (κ3) is 3.56.